The number of nitrogens with zero attached hydrogens (tertiary/aromatic N) is 1. The molecule has 0 atom stereocenters. The number of thiophene rings is 1. The van der Waals surface area contributed by atoms with Crippen LogP contribution in [0.15, 0.2) is 17.5 Å². The Labute approximate surface area is 73.4 Å². The lowest BCUT2D eigenvalue weighted by atomic mass is 10.4. The summed E-state index contributed by atoms with van der Waals surface area (Å²) in [6.07, 6.45) is 0. The Balaban J connectivity index is 2.45. The number of hydrogen-bond donors (Lipinski definition) is 0. The Morgan fingerprint density at radius 3 is 2.91 bits per heavy atom. The molecule has 11 heavy (non-hydrogen) atoms. The zero-order valence-electron chi connectivity index (χ0n) is 6.00. The molecule has 1 nitrogen and oxygen atoms in total. The fourth-order valence-electron chi connectivity index (χ4n) is 0.869. The highest BCUT2D eigenvalue weighted by Crippen LogP contribution is 2.26. The number of rotatable bonds is 1. The first-order valence-electron chi connectivity index (χ1n) is 3.24. The van der Waals surface area contributed by atoms with Gasteiger partial charge in [0.25, 0.3) is 0 Å². The van der Waals surface area contributed by atoms with Crippen LogP contribution < -0.4 is 0 Å². The Bertz CT molecular complexity index is 335. The molecule has 0 saturated heterocycles. The van der Waals surface area contributed by atoms with Crippen molar-refractivity contribution >= 4 is 22.7 Å². The van der Waals surface area contributed by atoms with Crippen molar-refractivity contribution in [1.29, 1.82) is 0 Å². The Kier molecular flexibility index (Phi) is 1.75. The topological polar surface area (TPSA) is 12.9 Å². The minimum Gasteiger partial charge on any atom is -0.233 e. The van der Waals surface area contributed by atoms with E-state index in [4.69, 9.17) is 0 Å². The molecule has 2 heterocycles. The third-order valence-electron chi connectivity index (χ3n) is 1.38. The predicted molar refractivity (Wildman–Crippen MR) is 49.0 cm³/mol. The van der Waals surface area contributed by atoms with Gasteiger partial charge in [0, 0.05) is 10.3 Å². The van der Waals surface area contributed by atoms with E-state index in [9.17, 15) is 0 Å². The van der Waals surface area contributed by atoms with E-state index in [0.29, 0.717) is 0 Å². The average molecular weight is 180 g/mol. The summed E-state index contributed by atoms with van der Waals surface area (Å²) in [5, 5.41) is 2.02. The fraction of sp³-hybridized carbons (Fsp3) is 0.125. The zero-order valence-corrected chi connectivity index (χ0v) is 7.63. The summed E-state index contributed by atoms with van der Waals surface area (Å²) >= 11 is 3.28. The van der Waals surface area contributed by atoms with E-state index in [1.54, 1.807) is 11.3 Å². The van der Waals surface area contributed by atoms with E-state index in [2.05, 4.69) is 29.6 Å². The molecule has 0 aromatic carbocycles. The molecule has 2 rings (SSSR count). The van der Waals surface area contributed by atoms with Crippen molar-refractivity contribution in [2.75, 3.05) is 0 Å². The Morgan fingerprint density at radius 2 is 2.36 bits per heavy atom. The zero-order chi connectivity index (χ0) is 7.68. The van der Waals surface area contributed by atoms with Gasteiger partial charge in [-0.25, -0.2) is 4.98 Å². The van der Waals surface area contributed by atoms with Crippen molar-refractivity contribution in [2.45, 2.75) is 6.92 Å². The molecule has 0 aliphatic heterocycles. The third kappa shape index (κ3) is 1.34. The van der Waals surface area contributed by atoms with Crippen LogP contribution in [0.2, 0.25) is 0 Å². The lowest BCUT2D eigenvalue weighted by Gasteiger charge is -1.84. The highest BCUT2D eigenvalue weighted by Gasteiger charge is 2.00. The SMILES string of the molecule is Cc1ccc(-c2cs[c]n2)s1. The van der Waals surface area contributed by atoms with E-state index in [0.717, 1.165) is 5.69 Å². The van der Waals surface area contributed by atoms with Crippen LogP contribution in [-0.2, 0) is 0 Å². The van der Waals surface area contributed by atoms with Crippen molar-refractivity contribution in [3.8, 4) is 10.6 Å². The van der Waals surface area contributed by atoms with Crippen LogP contribution in [0, 0.1) is 12.4 Å². The summed E-state index contributed by atoms with van der Waals surface area (Å²) in [6.45, 7) is 2.10. The fourth-order valence-corrected chi connectivity index (χ4v) is 2.27. The van der Waals surface area contributed by atoms with Crippen LogP contribution >= 0.6 is 22.7 Å². The van der Waals surface area contributed by atoms with Gasteiger partial charge in [0.2, 0.25) is 0 Å². The lowest BCUT2D eigenvalue weighted by molar-refractivity contribution is 1.42. The number of thiazole rings is 1. The molecule has 2 aromatic rings. The van der Waals surface area contributed by atoms with E-state index in [1.807, 2.05) is 5.38 Å². The number of aryl methyl sites for hydroxylation is 1. The predicted octanol–water partition coefficient (Wildman–Crippen LogP) is 2.98. The van der Waals surface area contributed by atoms with E-state index >= 15 is 0 Å². The molecule has 55 valence electrons. The normalized spacial score (nSPS) is 10.3. The smallest absolute Gasteiger partial charge is 0.152 e. The quantitative estimate of drug-likeness (QED) is 0.657. The molecule has 2 aromatic heterocycles. The molecule has 1 radical (unpaired) electrons. The van der Waals surface area contributed by atoms with Gasteiger partial charge in [0.15, 0.2) is 5.51 Å². The van der Waals surface area contributed by atoms with Gasteiger partial charge >= 0.3 is 0 Å². The minimum atomic E-state index is 1.05. The first kappa shape index (κ1) is 7.00. The Hall–Kier alpha value is -0.670. The van der Waals surface area contributed by atoms with Gasteiger partial charge in [-0.3, -0.25) is 0 Å². The molecule has 0 amide bonds. The van der Waals surface area contributed by atoms with Crippen LogP contribution in [0.4, 0.5) is 0 Å². The van der Waals surface area contributed by atoms with Crippen molar-refractivity contribution in [1.82, 2.24) is 4.98 Å². The molecule has 0 fully saturated rings. The maximum absolute atomic E-state index is 4.10. The van der Waals surface area contributed by atoms with Crippen molar-refractivity contribution in [3.63, 3.8) is 0 Å². The monoisotopic (exact) mass is 180 g/mol. The van der Waals surface area contributed by atoms with Gasteiger partial charge in [-0.05, 0) is 19.1 Å². The summed E-state index contributed by atoms with van der Waals surface area (Å²) < 4.78 is 0. The maximum atomic E-state index is 4.10. The van der Waals surface area contributed by atoms with Crippen LogP contribution in [0.5, 0.6) is 0 Å². The van der Waals surface area contributed by atoms with Gasteiger partial charge in [-0.2, -0.15) is 0 Å². The van der Waals surface area contributed by atoms with Crippen molar-refractivity contribution < 1.29 is 0 Å². The Morgan fingerprint density at radius 1 is 1.45 bits per heavy atom. The molecular weight excluding hydrogens is 174 g/mol. The molecule has 3 heteroatoms. The average Bonchev–Trinajstić information content (AvgIpc) is 2.55. The molecule has 0 saturated carbocycles. The second kappa shape index (κ2) is 2.75. The van der Waals surface area contributed by atoms with Crippen LogP contribution in [0.25, 0.3) is 10.6 Å². The van der Waals surface area contributed by atoms with Gasteiger partial charge < -0.3 is 0 Å². The van der Waals surface area contributed by atoms with Gasteiger partial charge in [-0.1, -0.05) is 0 Å². The first-order valence-corrected chi connectivity index (χ1v) is 4.94. The third-order valence-corrected chi connectivity index (χ3v) is 2.94. The highest BCUT2D eigenvalue weighted by molar-refractivity contribution is 7.15. The molecule has 0 aliphatic carbocycles. The second-order valence-corrected chi connectivity index (χ2v) is 4.18. The molecule has 0 bridgehead atoms. The summed E-state index contributed by atoms with van der Waals surface area (Å²) in [5.74, 6) is 0. The van der Waals surface area contributed by atoms with Crippen LogP contribution in [0.3, 0.4) is 0 Å². The van der Waals surface area contributed by atoms with E-state index in [1.165, 1.54) is 21.1 Å². The molecular formula is C8H6NS2. The number of hydrogen-bond acceptors (Lipinski definition) is 3. The molecule has 0 unspecified atom stereocenters. The molecule has 0 aliphatic rings. The summed E-state index contributed by atoms with van der Waals surface area (Å²) in [6, 6.07) is 4.21. The first-order chi connectivity index (χ1) is 5.36. The van der Waals surface area contributed by atoms with E-state index in [-0.39, 0.29) is 0 Å². The maximum Gasteiger partial charge on any atom is 0.152 e. The van der Waals surface area contributed by atoms with Crippen molar-refractivity contribution in [3.05, 3.63) is 27.9 Å². The van der Waals surface area contributed by atoms with Crippen molar-refractivity contribution in [2.24, 2.45) is 0 Å². The van der Waals surface area contributed by atoms with Crippen LogP contribution in [-0.4, -0.2) is 4.98 Å². The van der Waals surface area contributed by atoms with Gasteiger partial charge in [-0.15, -0.1) is 22.7 Å². The molecule has 0 spiro atoms. The minimum absolute atomic E-state index is 1.05. The summed E-state index contributed by atoms with van der Waals surface area (Å²) in [5.41, 5.74) is 3.88. The van der Waals surface area contributed by atoms with Gasteiger partial charge in [0.05, 0.1) is 10.6 Å². The summed E-state index contributed by atoms with van der Waals surface area (Å²) in [7, 11) is 0. The lowest BCUT2D eigenvalue weighted by Crippen LogP contribution is -1.66. The standard InChI is InChI=1S/C8H6NS2/c1-6-2-3-8(11-6)7-4-10-5-9-7/h2-4H,1H3. The summed E-state index contributed by atoms with van der Waals surface area (Å²) in [4.78, 5) is 6.67. The van der Waals surface area contributed by atoms with Gasteiger partial charge in [0.1, 0.15) is 0 Å². The van der Waals surface area contributed by atoms with E-state index < -0.39 is 0 Å². The van der Waals surface area contributed by atoms with Crippen LogP contribution in [0.1, 0.15) is 4.88 Å². The highest BCUT2D eigenvalue weighted by atomic mass is 32.1. The number of aromatic nitrogens is 1. The second-order valence-electron chi connectivity index (χ2n) is 2.23. The molecule has 0 N–H and O–H groups in total. The largest absolute Gasteiger partial charge is 0.233 e.